The molecule has 0 bridgehead atoms. The number of aromatic nitrogens is 1. The molecular formula is C18H16N4O3S. The van der Waals surface area contributed by atoms with Crippen molar-refractivity contribution in [1.29, 1.82) is 0 Å². The first-order chi connectivity index (χ1) is 12.5. The fourth-order valence-electron chi connectivity index (χ4n) is 2.35. The van der Waals surface area contributed by atoms with Gasteiger partial charge in [0.25, 0.3) is 11.8 Å². The summed E-state index contributed by atoms with van der Waals surface area (Å²) in [6.07, 6.45) is 1.40. The van der Waals surface area contributed by atoms with E-state index in [1.165, 1.54) is 6.20 Å². The molecule has 3 amide bonds. The average Bonchev–Trinajstić information content (AvgIpc) is 3.10. The first kappa shape index (κ1) is 17.6. The number of amides is 3. The average molecular weight is 368 g/mol. The van der Waals surface area contributed by atoms with Crippen molar-refractivity contribution >= 4 is 45.0 Å². The standard InChI is InChI=1S/C18H16N4O3S/c19-16(24)14-10-21-18(26-14)22-15(23)7-8-20-17(25)13-6-5-11-3-1-2-4-12(11)9-13/h1-6,9-10H,7-8H2,(H2,19,24)(H,20,25)(H,21,22,23). The largest absolute Gasteiger partial charge is 0.365 e. The molecule has 0 radical (unpaired) electrons. The molecule has 0 saturated carbocycles. The van der Waals surface area contributed by atoms with Crippen LogP contribution in [-0.4, -0.2) is 29.3 Å². The summed E-state index contributed by atoms with van der Waals surface area (Å²) >= 11 is 1.00. The van der Waals surface area contributed by atoms with Gasteiger partial charge in [0.1, 0.15) is 4.88 Å². The Labute approximate surface area is 153 Å². The van der Waals surface area contributed by atoms with Crippen molar-refractivity contribution in [2.24, 2.45) is 5.73 Å². The van der Waals surface area contributed by atoms with E-state index < -0.39 is 5.91 Å². The number of hydrogen-bond donors (Lipinski definition) is 3. The second kappa shape index (κ2) is 7.75. The molecule has 3 rings (SSSR count). The van der Waals surface area contributed by atoms with E-state index in [1.807, 2.05) is 36.4 Å². The van der Waals surface area contributed by atoms with Crippen molar-refractivity contribution in [3.8, 4) is 0 Å². The van der Waals surface area contributed by atoms with Gasteiger partial charge in [0.15, 0.2) is 5.13 Å². The Kier molecular flexibility index (Phi) is 5.23. The highest BCUT2D eigenvalue weighted by Crippen LogP contribution is 2.17. The van der Waals surface area contributed by atoms with Crippen LogP contribution in [0.4, 0.5) is 5.13 Å². The third-order valence-corrected chi connectivity index (χ3v) is 4.57. The van der Waals surface area contributed by atoms with Crippen LogP contribution in [-0.2, 0) is 4.79 Å². The summed E-state index contributed by atoms with van der Waals surface area (Å²) in [5.41, 5.74) is 5.67. The number of fused-ring (bicyclic) bond motifs is 1. The van der Waals surface area contributed by atoms with Crippen LogP contribution in [0.1, 0.15) is 26.5 Å². The summed E-state index contributed by atoms with van der Waals surface area (Å²) in [5.74, 6) is -1.14. The van der Waals surface area contributed by atoms with Gasteiger partial charge in [0, 0.05) is 18.5 Å². The maximum absolute atomic E-state index is 12.2. The van der Waals surface area contributed by atoms with E-state index in [9.17, 15) is 14.4 Å². The van der Waals surface area contributed by atoms with E-state index in [2.05, 4.69) is 15.6 Å². The monoisotopic (exact) mass is 368 g/mol. The molecule has 26 heavy (non-hydrogen) atoms. The van der Waals surface area contributed by atoms with Gasteiger partial charge in [-0.2, -0.15) is 0 Å². The van der Waals surface area contributed by atoms with Crippen molar-refractivity contribution in [2.75, 3.05) is 11.9 Å². The molecule has 0 aliphatic heterocycles. The lowest BCUT2D eigenvalue weighted by Gasteiger charge is -2.06. The van der Waals surface area contributed by atoms with Crippen LogP contribution in [0.2, 0.25) is 0 Å². The van der Waals surface area contributed by atoms with Gasteiger partial charge in [-0.05, 0) is 22.9 Å². The fourth-order valence-corrected chi connectivity index (χ4v) is 3.03. The predicted molar refractivity (Wildman–Crippen MR) is 100 cm³/mol. The zero-order chi connectivity index (χ0) is 18.5. The predicted octanol–water partition coefficient (Wildman–Crippen LogP) is 2.15. The minimum absolute atomic E-state index is 0.0881. The molecule has 0 unspecified atom stereocenters. The van der Waals surface area contributed by atoms with Crippen molar-refractivity contribution in [3.05, 3.63) is 59.1 Å². The Morgan fingerprint density at radius 3 is 2.58 bits per heavy atom. The molecule has 1 heterocycles. The van der Waals surface area contributed by atoms with Crippen molar-refractivity contribution < 1.29 is 14.4 Å². The highest BCUT2D eigenvalue weighted by atomic mass is 32.1. The Morgan fingerprint density at radius 2 is 1.85 bits per heavy atom. The summed E-state index contributed by atoms with van der Waals surface area (Å²) in [6, 6.07) is 13.2. The van der Waals surface area contributed by atoms with Gasteiger partial charge in [0.05, 0.1) is 6.20 Å². The third-order valence-electron chi connectivity index (χ3n) is 3.64. The first-order valence-corrected chi connectivity index (χ1v) is 8.67. The Balaban J connectivity index is 1.50. The summed E-state index contributed by atoms with van der Waals surface area (Å²) in [7, 11) is 0. The zero-order valence-corrected chi connectivity index (χ0v) is 14.5. The Hall–Kier alpha value is -3.26. The molecule has 8 heteroatoms. The van der Waals surface area contributed by atoms with E-state index in [0.29, 0.717) is 10.7 Å². The number of rotatable bonds is 6. The van der Waals surface area contributed by atoms with Gasteiger partial charge in [0.2, 0.25) is 5.91 Å². The maximum Gasteiger partial charge on any atom is 0.260 e. The molecule has 132 valence electrons. The summed E-state index contributed by atoms with van der Waals surface area (Å²) in [5, 5.41) is 7.61. The van der Waals surface area contributed by atoms with Gasteiger partial charge in [-0.3, -0.25) is 14.4 Å². The van der Waals surface area contributed by atoms with Crippen molar-refractivity contribution in [2.45, 2.75) is 6.42 Å². The smallest absolute Gasteiger partial charge is 0.260 e. The molecule has 0 fully saturated rings. The summed E-state index contributed by atoms with van der Waals surface area (Å²) in [6.45, 7) is 0.186. The molecule has 2 aromatic carbocycles. The summed E-state index contributed by atoms with van der Waals surface area (Å²) < 4.78 is 0. The van der Waals surface area contributed by atoms with Crippen LogP contribution < -0.4 is 16.4 Å². The minimum Gasteiger partial charge on any atom is -0.365 e. The van der Waals surface area contributed by atoms with Gasteiger partial charge in [-0.1, -0.05) is 41.7 Å². The van der Waals surface area contributed by atoms with Crippen LogP contribution in [0.25, 0.3) is 10.8 Å². The van der Waals surface area contributed by atoms with Gasteiger partial charge in [-0.15, -0.1) is 0 Å². The Morgan fingerprint density at radius 1 is 1.08 bits per heavy atom. The third kappa shape index (κ3) is 4.22. The molecule has 0 spiro atoms. The number of hydrogen-bond acceptors (Lipinski definition) is 5. The van der Waals surface area contributed by atoms with Gasteiger partial charge in [-0.25, -0.2) is 4.98 Å². The lowest BCUT2D eigenvalue weighted by atomic mass is 10.1. The first-order valence-electron chi connectivity index (χ1n) is 7.85. The fraction of sp³-hybridized carbons (Fsp3) is 0.111. The number of nitrogens with zero attached hydrogens (tertiary/aromatic N) is 1. The summed E-state index contributed by atoms with van der Waals surface area (Å²) in [4.78, 5) is 39.2. The quantitative estimate of drug-likeness (QED) is 0.618. The van der Waals surface area contributed by atoms with Crippen LogP contribution in [0.15, 0.2) is 48.7 Å². The highest BCUT2D eigenvalue weighted by Gasteiger charge is 2.11. The second-order valence-corrected chi connectivity index (χ2v) is 6.54. The van der Waals surface area contributed by atoms with Crippen LogP contribution in [0.5, 0.6) is 0 Å². The molecule has 1 aromatic heterocycles. The van der Waals surface area contributed by atoms with Crippen LogP contribution >= 0.6 is 11.3 Å². The molecule has 0 atom stereocenters. The normalized spacial score (nSPS) is 10.5. The molecular weight excluding hydrogens is 352 g/mol. The van der Waals surface area contributed by atoms with E-state index >= 15 is 0 Å². The number of anilines is 1. The molecule has 0 aliphatic rings. The molecule has 0 aliphatic carbocycles. The lowest BCUT2D eigenvalue weighted by Crippen LogP contribution is -2.27. The number of carbonyl (C=O) groups excluding carboxylic acids is 3. The van der Waals surface area contributed by atoms with Crippen molar-refractivity contribution in [1.82, 2.24) is 10.3 Å². The van der Waals surface area contributed by atoms with E-state index in [0.717, 1.165) is 22.1 Å². The van der Waals surface area contributed by atoms with Gasteiger partial charge < -0.3 is 16.4 Å². The van der Waals surface area contributed by atoms with Gasteiger partial charge >= 0.3 is 0 Å². The SMILES string of the molecule is NC(=O)c1cnc(NC(=O)CCNC(=O)c2ccc3ccccc3c2)s1. The lowest BCUT2D eigenvalue weighted by molar-refractivity contribution is -0.116. The number of carbonyl (C=O) groups is 3. The maximum atomic E-state index is 12.2. The zero-order valence-electron chi connectivity index (χ0n) is 13.7. The van der Waals surface area contributed by atoms with E-state index in [1.54, 1.807) is 6.07 Å². The van der Waals surface area contributed by atoms with Crippen LogP contribution in [0, 0.1) is 0 Å². The minimum atomic E-state index is -0.592. The number of benzene rings is 2. The second-order valence-electron chi connectivity index (χ2n) is 5.51. The molecule has 7 nitrogen and oxygen atoms in total. The topological polar surface area (TPSA) is 114 Å². The number of nitrogens with two attached hydrogens (primary N) is 1. The van der Waals surface area contributed by atoms with Crippen LogP contribution in [0.3, 0.4) is 0 Å². The number of thiazole rings is 1. The highest BCUT2D eigenvalue weighted by molar-refractivity contribution is 7.17. The number of nitrogens with one attached hydrogen (secondary N) is 2. The number of primary amides is 1. The molecule has 0 saturated heterocycles. The van der Waals surface area contributed by atoms with E-state index in [4.69, 9.17) is 5.73 Å². The van der Waals surface area contributed by atoms with Crippen molar-refractivity contribution in [3.63, 3.8) is 0 Å². The Bertz CT molecular complexity index is 983. The molecule has 4 N–H and O–H groups in total. The molecule has 3 aromatic rings. The van der Waals surface area contributed by atoms with E-state index in [-0.39, 0.29) is 29.7 Å².